The smallest absolute Gasteiger partial charge is 0.460 e. The summed E-state index contributed by atoms with van der Waals surface area (Å²) >= 11 is 0. The van der Waals surface area contributed by atoms with E-state index in [4.69, 9.17) is 5.11 Å². The number of ether oxygens (including phenoxy) is 1. The van der Waals surface area contributed by atoms with Gasteiger partial charge in [-0.3, -0.25) is 0 Å². The fourth-order valence-corrected chi connectivity index (χ4v) is 2.32. The van der Waals surface area contributed by atoms with E-state index in [1.54, 1.807) is 0 Å². The number of aliphatic carboxylic acids is 1. The van der Waals surface area contributed by atoms with Crippen molar-refractivity contribution in [1.29, 1.82) is 0 Å². The van der Waals surface area contributed by atoms with Crippen molar-refractivity contribution in [2.75, 3.05) is 0 Å². The lowest BCUT2D eigenvalue weighted by atomic mass is 9.87. The Hall–Kier alpha value is -2.51. The molecule has 0 aliphatic rings. The highest BCUT2D eigenvalue weighted by molar-refractivity contribution is 5.95. The summed E-state index contributed by atoms with van der Waals surface area (Å²) in [5.74, 6) is -61.5. The van der Waals surface area contributed by atoms with Gasteiger partial charge in [0.25, 0.3) is 0 Å². The van der Waals surface area contributed by atoms with Gasteiger partial charge in [0.15, 0.2) is 0 Å². The van der Waals surface area contributed by atoms with E-state index in [1.807, 2.05) is 0 Å². The summed E-state index contributed by atoms with van der Waals surface area (Å²) in [7, 11) is 0. The number of carbonyl (C=O) groups is 2. The SMILES string of the molecule is CC(C)OC(=O)/C(=C/C(=O)O)CCC(F)(F)C(F)(F)C(F)(F)C(F)(F)C(F)(F)C(F)(F)C(F)(F)C(F)(F)F. The van der Waals surface area contributed by atoms with Crippen molar-refractivity contribution < 1.29 is 94.1 Å². The monoisotopic (exact) mass is 604 g/mol. The molecule has 0 amide bonds. The van der Waals surface area contributed by atoms with E-state index < -0.39 is 84.1 Å². The van der Waals surface area contributed by atoms with Crippen molar-refractivity contribution in [3.63, 3.8) is 0 Å². The van der Waals surface area contributed by atoms with Crippen LogP contribution in [0.15, 0.2) is 11.6 Å². The number of carbonyl (C=O) groups excluding carboxylic acids is 1. The number of halogens is 17. The van der Waals surface area contributed by atoms with Gasteiger partial charge in [0, 0.05) is 18.1 Å². The van der Waals surface area contributed by atoms with Crippen molar-refractivity contribution >= 4 is 11.9 Å². The zero-order valence-corrected chi connectivity index (χ0v) is 18.2. The molecule has 21 heteroatoms. The zero-order chi connectivity index (χ0) is 31.1. The van der Waals surface area contributed by atoms with Crippen LogP contribution in [0.4, 0.5) is 74.6 Å². The molecule has 38 heavy (non-hydrogen) atoms. The molecule has 0 atom stereocenters. The van der Waals surface area contributed by atoms with Gasteiger partial charge in [0.1, 0.15) is 0 Å². The molecule has 0 aliphatic carbocycles. The van der Waals surface area contributed by atoms with Gasteiger partial charge >= 0.3 is 59.6 Å². The van der Waals surface area contributed by atoms with Gasteiger partial charge in [-0.1, -0.05) is 0 Å². The van der Waals surface area contributed by atoms with Crippen molar-refractivity contribution in [3.8, 4) is 0 Å². The summed E-state index contributed by atoms with van der Waals surface area (Å²) in [6.45, 7) is 2.14. The molecule has 0 aliphatic heterocycles. The Morgan fingerprint density at radius 2 is 1.00 bits per heavy atom. The number of esters is 1. The number of hydrogen-bond acceptors (Lipinski definition) is 3. The fraction of sp³-hybridized carbons (Fsp3) is 0.765. The average molecular weight is 604 g/mol. The standard InChI is InChI=1S/C17H13F17O4/c1-6(2)38-9(37)7(5-8(35)36)3-4-10(18,19)11(20,21)12(22,23)13(24,25)14(26,27)15(28,29)16(30,31)17(32,33)34/h5-6H,3-4H2,1-2H3,(H,35,36)/b7-5+. The van der Waals surface area contributed by atoms with E-state index in [9.17, 15) is 84.2 Å². The van der Waals surface area contributed by atoms with E-state index in [1.165, 1.54) is 0 Å². The molecule has 0 aromatic carbocycles. The number of rotatable bonds is 12. The molecule has 0 saturated heterocycles. The van der Waals surface area contributed by atoms with Crippen LogP contribution in [-0.4, -0.2) is 70.8 Å². The van der Waals surface area contributed by atoms with Gasteiger partial charge in [-0.25, -0.2) is 9.59 Å². The van der Waals surface area contributed by atoms with Gasteiger partial charge in [-0.05, 0) is 20.3 Å². The second kappa shape index (κ2) is 10.2. The third kappa shape index (κ3) is 5.74. The maximum absolute atomic E-state index is 13.9. The number of hydrogen-bond donors (Lipinski definition) is 1. The second-order valence-electron chi connectivity index (χ2n) is 7.61. The first kappa shape index (κ1) is 35.5. The molecule has 0 saturated carbocycles. The highest BCUT2D eigenvalue weighted by atomic mass is 19.4. The highest BCUT2D eigenvalue weighted by Gasteiger charge is 2.95. The Bertz CT molecular complexity index is 918. The Kier molecular flexibility index (Phi) is 9.56. The van der Waals surface area contributed by atoms with Crippen molar-refractivity contribution in [1.82, 2.24) is 0 Å². The minimum Gasteiger partial charge on any atom is -0.478 e. The lowest BCUT2D eigenvalue weighted by Gasteiger charge is -2.42. The molecule has 0 unspecified atom stereocenters. The van der Waals surface area contributed by atoms with Crippen LogP contribution < -0.4 is 0 Å². The predicted octanol–water partition coefficient (Wildman–Crippen LogP) is 6.74. The second-order valence-corrected chi connectivity index (χ2v) is 7.61. The van der Waals surface area contributed by atoms with Gasteiger partial charge in [-0.15, -0.1) is 0 Å². The highest BCUT2D eigenvalue weighted by Crippen LogP contribution is 2.64. The summed E-state index contributed by atoms with van der Waals surface area (Å²) in [5.41, 5.74) is -1.52. The molecule has 0 aromatic rings. The number of alkyl halides is 17. The summed E-state index contributed by atoms with van der Waals surface area (Å²) in [4.78, 5) is 22.3. The van der Waals surface area contributed by atoms with E-state index >= 15 is 0 Å². The summed E-state index contributed by atoms with van der Waals surface area (Å²) in [6.07, 6.45) is -14.3. The first-order valence-corrected chi connectivity index (χ1v) is 9.22. The minimum absolute atomic E-state index is 0.306. The van der Waals surface area contributed by atoms with Gasteiger partial charge < -0.3 is 9.84 Å². The Morgan fingerprint density at radius 1 is 0.658 bits per heavy atom. The van der Waals surface area contributed by atoms with Crippen molar-refractivity contribution in [3.05, 3.63) is 11.6 Å². The maximum Gasteiger partial charge on any atom is 0.460 e. The van der Waals surface area contributed by atoms with Crippen LogP contribution >= 0.6 is 0 Å². The van der Waals surface area contributed by atoms with E-state index in [0.29, 0.717) is 0 Å². The quantitative estimate of drug-likeness (QED) is 0.152. The van der Waals surface area contributed by atoms with Crippen LogP contribution in [0.3, 0.4) is 0 Å². The third-order valence-electron chi connectivity index (χ3n) is 4.40. The molecule has 0 rings (SSSR count). The molecular weight excluding hydrogens is 591 g/mol. The van der Waals surface area contributed by atoms with E-state index in [-0.39, 0.29) is 6.08 Å². The molecule has 0 spiro atoms. The van der Waals surface area contributed by atoms with Gasteiger partial charge in [0.05, 0.1) is 6.10 Å². The molecule has 0 radical (unpaired) electrons. The molecule has 0 bridgehead atoms. The Balaban J connectivity index is 6.57. The minimum atomic E-state index is -8.75. The Labute approximate surface area is 199 Å². The van der Waals surface area contributed by atoms with Gasteiger partial charge in [0.2, 0.25) is 0 Å². The third-order valence-corrected chi connectivity index (χ3v) is 4.40. The first-order chi connectivity index (χ1) is 16.4. The molecule has 4 nitrogen and oxygen atoms in total. The summed E-state index contributed by atoms with van der Waals surface area (Å²) in [5, 5.41) is 8.55. The van der Waals surface area contributed by atoms with Crippen LogP contribution in [0.5, 0.6) is 0 Å². The van der Waals surface area contributed by atoms with Gasteiger partial charge in [-0.2, -0.15) is 74.6 Å². The molecule has 1 N–H and O–H groups in total. The average Bonchev–Trinajstić information content (AvgIpc) is 2.68. The van der Waals surface area contributed by atoms with E-state index in [2.05, 4.69) is 4.74 Å². The number of carboxylic acids is 1. The molecular formula is C17H13F17O4. The van der Waals surface area contributed by atoms with Crippen LogP contribution in [0.1, 0.15) is 26.7 Å². The Morgan fingerprint density at radius 3 is 1.32 bits per heavy atom. The van der Waals surface area contributed by atoms with Crippen LogP contribution in [0.2, 0.25) is 0 Å². The molecule has 0 aromatic heterocycles. The summed E-state index contributed by atoms with van der Waals surface area (Å²) < 4.78 is 229. The van der Waals surface area contributed by atoms with E-state index in [0.717, 1.165) is 13.8 Å². The normalized spacial score (nSPS) is 15.6. The summed E-state index contributed by atoms with van der Waals surface area (Å²) in [6, 6.07) is 0. The molecule has 224 valence electrons. The largest absolute Gasteiger partial charge is 0.478 e. The predicted molar refractivity (Wildman–Crippen MR) is 86.9 cm³/mol. The topological polar surface area (TPSA) is 63.6 Å². The number of carboxylic acid groups (broad SMARTS) is 1. The van der Waals surface area contributed by atoms with Crippen molar-refractivity contribution in [2.45, 2.75) is 80.4 Å². The van der Waals surface area contributed by atoms with Crippen molar-refractivity contribution in [2.24, 2.45) is 0 Å². The molecule has 0 fully saturated rings. The fourth-order valence-electron chi connectivity index (χ4n) is 2.32. The zero-order valence-electron chi connectivity index (χ0n) is 18.2. The van der Waals surface area contributed by atoms with Crippen LogP contribution in [0, 0.1) is 0 Å². The van der Waals surface area contributed by atoms with Crippen LogP contribution in [-0.2, 0) is 14.3 Å². The molecule has 0 heterocycles. The lowest BCUT2D eigenvalue weighted by molar-refractivity contribution is -0.461. The maximum atomic E-state index is 13.9. The van der Waals surface area contributed by atoms with Crippen LogP contribution in [0.25, 0.3) is 0 Å². The lowest BCUT2D eigenvalue weighted by Crippen LogP contribution is -2.74. The first-order valence-electron chi connectivity index (χ1n) is 9.22.